The highest BCUT2D eigenvalue weighted by atomic mass is 16.4. The molecule has 0 spiro atoms. The summed E-state index contributed by atoms with van der Waals surface area (Å²) in [6.45, 7) is 4.71. The smallest absolute Gasteiger partial charge is 0.303 e. The van der Waals surface area contributed by atoms with Gasteiger partial charge in [0.2, 0.25) is 5.91 Å². The number of carbonyl (C=O) groups excluding carboxylic acids is 1. The quantitative estimate of drug-likeness (QED) is 0.698. The minimum absolute atomic E-state index is 0.0251. The zero-order valence-corrected chi connectivity index (χ0v) is 9.32. The Labute approximate surface area is 90.0 Å². The molecule has 4 heteroatoms. The number of carboxylic acids is 1. The molecule has 1 amide bonds. The number of amides is 1. The fourth-order valence-corrected chi connectivity index (χ4v) is 1.69. The Morgan fingerprint density at radius 1 is 1.47 bits per heavy atom. The number of carboxylic acid groups (broad SMARTS) is 1. The Hall–Kier alpha value is -1.06. The first kappa shape index (κ1) is 12.0. The number of carbonyl (C=O) groups is 2. The third-order valence-corrected chi connectivity index (χ3v) is 2.89. The molecule has 0 saturated heterocycles. The molecule has 1 fully saturated rings. The summed E-state index contributed by atoms with van der Waals surface area (Å²) >= 11 is 0. The fraction of sp³-hybridized carbons (Fsp3) is 0.818. The molecule has 86 valence electrons. The second-order valence-electron chi connectivity index (χ2n) is 4.68. The molecule has 3 atom stereocenters. The average Bonchev–Trinajstić information content (AvgIpc) is 2.76. The largest absolute Gasteiger partial charge is 0.481 e. The Kier molecular flexibility index (Phi) is 4.12. The van der Waals surface area contributed by atoms with Crippen molar-refractivity contribution < 1.29 is 14.7 Å². The van der Waals surface area contributed by atoms with E-state index in [1.807, 2.05) is 0 Å². The van der Waals surface area contributed by atoms with E-state index in [-0.39, 0.29) is 18.2 Å². The maximum Gasteiger partial charge on any atom is 0.303 e. The lowest BCUT2D eigenvalue weighted by molar-refractivity contribution is -0.138. The predicted molar refractivity (Wildman–Crippen MR) is 56.3 cm³/mol. The van der Waals surface area contributed by atoms with Gasteiger partial charge in [0.25, 0.3) is 0 Å². The highest BCUT2D eigenvalue weighted by Crippen LogP contribution is 2.36. The molecule has 3 unspecified atom stereocenters. The first-order chi connectivity index (χ1) is 6.99. The van der Waals surface area contributed by atoms with Gasteiger partial charge in [-0.15, -0.1) is 0 Å². The van der Waals surface area contributed by atoms with Crippen LogP contribution in [0.25, 0.3) is 0 Å². The molecule has 1 saturated carbocycles. The van der Waals surface area contributed by atoms with Crippen molar-refractivity contribution in [1.29, 1.82) is 0 Å². The molecule has 1 rings (SSSR count). The van der Waals surface area contributed by atoms with E-state index >= 15 is 0 Å². The van der Waals surface area contributed by atoms with E-state index in [4.69, 9.17) is 5.11 Å². The molecule has 1 aliphatic carbocycles. The Morgan fingerprint density at radius 3 is 2.53 bits per heavy atom. The summed E-state index contributed by atoms with van der Waals surface area (Å²) in [6.07, 6.45) is 1.58. The molecular weight excluding hydrogens is 194 g/mol. The molecule has 4 nitrogen and oxygen atoms in total. The third-order valence-electron chi connectivity index (χ3n) is 2.89. The van der Waals surface area contributed by atoms with Gasteiger partial charge in [-0.3, -0.25) is 9.59 Å². The van der Waals surface area contributed by atoms with Gasteiger partial charge < -0.3 is 10.4 Å². The first-order valence-electron chi connectivity index (χ1n) is 5.47. The van der Waals surface area contributed by atoms with Crippen LogP contribution in [0.15, 0.2) is 0 Å². The summed E-state index contributed by atoms with van der Waals surface area (Å²) in [5, 5.41) is 11.4. The van der Waals surface area contributed by atoms with Crippen molar-refractivity contribution in [1.82, 2.24) is 5.32 Å². The van der Waals surface area contributed by atoms with E-state index in [0.29, 0.717) is 12.3 Å². The monoisotopic (exact) mass is 213 g/mol. The van der Waals surface area contributed by atoms with Gasteiger partial charge in [0, 0.05) is 19.4 Å². The normalized spacial score (nSPS) is 25.7. The first-order valence-corrected chi connectivity index (χ1v) is 5.47. The van der Waals surface area contributed by atoms with Gasteiger partial charge in [-0.25, -0.2) is 0 Å². The molecule has 2 N–H and O–H groups in total. The van der Waals surface area contributed by atoms with Gasteiger partial charge in [0.1, 0.15) is 0 Å². The van der Waals surface area contributed by atoms with E-state index in [1.54, 1.807) is 6.92 Å². The second kappa shape index (κ2) is 5.14. The maximum absolute atomic E-state index is 11.4. The summed E-state index contributed by atoms with van der Waals surface area (Å²) in [5.74, 6) is 0.429. The minimum atomic E-state index is -0.842. The standard InChI is InChI=1S/C11H19NO3/c1-7(4-11(14)15)3-10(13)12-6-9-5-8(9)2/h7-9H,3-6H2,1-2H3,(H,12,13)(H,14,15). The van der Waals surface area contributed by atoms with Crippen LogP contribution in [-0.4, -0.2) is 23.5 Å². The summed E-state index contributed by atoms with van der Waals surface area (Å²) in [4.78, 5) is 21.7. The summed E-state index contributed by atoms with van der Waals surface area (Å²) in [7, 11) is 0. The summed E-state index contributed by atoms with van der Waals surface area (Å²) < 4.78 is 0. The van der Waals surface area contributed by atoms with Crippen molar-refractivity contribution in [3.8, 4) is 0 Å². The Balaban J connectivity index is 2.09. The predicted octanol–water partition coefficient (Wildman–Crippen LogP) is 1.26. The van der Waals surface area contributed by atoms with Gasteiger partial charge in [0.05, 0.1) is 0 Å². The third kappa shape index (κ3) is 4.81. The molecule has 0 aromatic heterocycles. The number of hydrogen-bond acceptors (Lipinski definition) is 2. The molecule has 0 aliphatic heterocycles. The molecule has 15 heavy (non-hydrogen) atoms. The number of rotatable bonds is 6. The van der Waals surface area contributed by atoms with Gasteiger partial charge in [-0.05, 0) is 24.2 Å². The SMILES string of the molecule is CC(CC(=O)O)CC(=O)NCC1CC1C. The van der Waals surface area contributed by atoms with Crippen molar-refractivity contribution in [3.63, 3.8) is 0 Å². The van der Waals surface area contributed by atoms with E-state index in [1.165, 1.54) is 6.42 Å². The Morgan fingerprint density at radius 2 is 2.07 bits per heavy atom. The van der Waals surface area contributed by atoms with Crippen LogP contribution in [0.4, 0.5) is 0 Å². The zero-order chi connectivity index (χ0) is 11.4. The number of nitrogens with one attached hydrogen (secondary N) is 1. The number of hydrogen-bond donors (Lipinski definition) is 2. The van der Waals surface area contributed by atoms with Crippen molar-refractivity contribution in [2.45, 2.75) is 33.1 Å². The molecule has 0 radical (unpaired) electrons. The molecule has 0 bridgehead atoms. The molecular formula is C11H19NO3. The van der Waals surface area contributed by atoms with Crippen LogP contribution in [0, 0.1) is 17.8 Å². The van der Waals surface area contributed by atoms with Crippen LogP contribution in [-0.2, 0) is 9.59 Å². The lowest BCUT2D eigenvalue weighted by Gasteiger charge is -2.08. The maximum atomic E-state index is 11.4. The van der Waals surface area contributed by atoms with Crippen LogP contribution in [0.3, 0.4) is 0 Å². The highest BCUT2D eigenvalue weighted by molar-refractivity contribution is 5.77. The van der Waals surface area contributed by atoms with Crippen molar-refractivity contribution in [2.75, 3.05) is 6.54 Å². The molecule has 0 heterocycles. The summed E-state index contributed by atoms with van der Waals surface area (Å²) in [6, 6.07) is 0. The van der Waals surface area contributed by atoms with E-state index < -0.39 is 5.97 Å². The minimum Gasteiger partial charge on any atom is -0.481 e. The molecule has 0 aromatic carbocycles. The van der Waals surface area contributed by atoms with Crippen LogP contribution in [0.2, 0.25) is 0 Å². The van der Waals surface area contributed by atoms with Gasteiger partial charge in [-0.2, -0.15) is 0 Å². The number of aliphatic carboxylic acids is 1. The average molecular weight is 213 g/mol. The van der Waals surface area contributed by atoms with Crippen LogP contribution < -0.4 is 5.32 Å². The van der Waals surface area contributed by atoms with Gasteiger partial charge in [-0.1, -0.05) is 13.8 Å². The molecule has 0 aromatic rings. The van der Waals surface area contributed by atoms with E-state index in [9.17, 15) is 9.59 Å². The highest BCUT2D eigenvalue weighted by Gasteiger charge is 2.32. The van der Waals surface area contributed by atoms with Crippen LogP contribution in [0.1, 0.15) is 33.1 Å². The van der Waals surface area contributed by atoms with E-state index in [2.05, 4.69) is 12.2 Å². The van der Waals surface area contributed by atoms with Crippen LogP contribution in [0.5, 0.6) is 0 Å². The Bertz CT molecular complexity index is 252. The molecule has 1 aliphatic rings. The van der Waals surface area contributed by atoms with Gasteiger partial charge >= 0.3 is 5.97 Å². The van der Waals surface area contributed by atoms with Gasteiger partial charge in [0.15, 0.2) is 0 Å². The van der Waals surface area contributed by atoms with Crippen LogP contribution >= 0.6 is 0 Å². The summed E-state index contributed by atoms with van der Waals surface area (Å²) in [5.41, 5.74) is 0. The van der Waals surface area contributed by atoms with Crippen molar-refractivity contribution in [2.24, 2.45) is 17.8 Å². The van der Waals surface area contributed by atoms with E-state index in [0.717, 1.165) is 12.5 Å². The van der Waals surface area contributed by atoms with Crippen molar-refractivity contribution >= 4 is 11.9 Å². The topological polar surface area (TPSA) is 66.4 Å². The lowest BCUT2D eigenvalue weighted by atomic mass is 10.0. The van der Waals surface area contributed by atoms with Crippen molar-refractivity contribution in [3.05, 3.63) is 0 Å². The lowest BCUT2D eigenvalue weighted by Crippen LogP contribution is -2.27. The second-order valence-corrected chi connectivity index (χ2v) is 4.68. The fourth-order valence-electron chi connectivity index (χ4n) is 1.69. The zero-order valence-electron chi connectivity index (χ0n) is 9.32.